The number of aliphatic hydroxyl groups excluding tert-OH is 1. The van der Waals surface area contributed by atoms with E-state index >= 15 is 0 Å². The number of ether oxygens (including phenoxy) is 1. The number of H-pyrrole nitrogens is 1. The number of aryl methyl sites for hydroxylation is 1. The lowest BCUT2D eigenvalue weighted by molar-refractivity contribution is -0.0452. The highest BCUT2D eigenvalue weighted by Crippen LogP contribution is 2.66. The minimum Gasteiger partial charge on any atom is -0.382 e. The predicted octanol–water partition coefficient (Wildman–Crippen LogP) is -1.27. The Balaban J connectivity index is 2.15. The Bertz CT molecular complexity index is 1130. The summed E-state index contributed by atoms with van der Waals surface area (Å²) in [5.41, 5.74) is -1.57. The first-order valence-corrected chi connectivity index (χ1v) is 12.4. The predicted molar refractivity (Wildman–Crippen MR) is 96.2 cm³/mol. The number of nitrogens with one attached hydrogen (secondary N) is 1. The molecule has 1 aliphatic rings. The van der Waals surface area contributed by atoms with Gasteiger partial charge < -0.3 is 34.3 Å². The van der Waals surface area contributed by atoms with Crippen molar-refractivity contribution in [2.24, 2.45) is 0 Å². The van der Waals surface area contributed by atoms with Crippen LogP contribution in [0, 0.1) is 13.5 Å². The van der Waals surface area contributed by atoms with Crippen LogP contribution in [0.15, 0.2) is 15.8 Å². The molecule has 17 nitrogen and oxygen atoms in total. The van der Waals surface area contributed by atoms with Gasteiger partial charge in [-0.3, -0.25) is 18.9 Å². The van der Waals surface area contributed by atoms with Crippen LogP contribution in [-0.4, -0.2) is 59.1 Å². The quantitative estimate of drug-likeness (QED) is 0.177. The van der Waals surface area contributed by atoms with Crippen LogP contribution in [0.4, 0.5) is 0 Å². The average molecular weight is 507 g/mol. The number of rotatable bonds is 8. The summed E-state index contributed by atoms with van der Waals surface area (Å²) < 4.78 is 51.3. The summed E-state index contributed by atoms with van der Waals surface area (Å²) in [5, 5.41) is 10.2. The van der Waals surface area contributed by atoms with Crippen LogP contribution in [-0.2, 0) is 31.6 Å². The highest BCUT2D eigenvalue weighted by atomic mass is 31.3. The lowest BCUT2D eigenvalue weighted by Gasteiger charge is -2.18. The molecule has 1 aromatic rings. The second-order valence-corrected chi connectivity index (χ2v) is 10.5. The molecule has 0 aliphatic carbocycles. The summed E-state index contributed by atoms with van der Waals surface area (Å²) in [6.07, 6.45) is -3.59. The zero-order chi connectivity index (χ0) is 23.8. The Morgan fingerprint density at radius 3 is 2.35 bits per heavy atom. The maximum atomic E-state index is 12.0. The fourth-order valence-corrected chi connectivity index (χ4v) is 5.51. The molecule has 174 valence electrons. The monoisotopic (exact) mass is 507 g/mol. The average Bonchev–Trinajstić information content (AvgIpc) is 2.88. The molecule has 0 saturated carbocycles. The van der Waals surface area contributed by atoms with Gasteiger partial charge in [-0.15, -0.1) is 0 Å². The molecule has 6 N–H and O–H groups in total. The smallest absolute Gasteiger partial charge is 0.382 e. The molecular weight excluding hydrogens is 491 g/mol. The number of aromatic nitrogens is 2. The summed E-state index contributed by atoms with van der Waals surface area (Å²) in [4.78, 5) is 64.1. The summed E-state index contributed by atoms with van der Waals surface area (Å²) in [7, 11) is -16.8. The van der Waals surface area contributed by atoms with Crippen LogP contribution in [0.25, 0.3) is 4.85 Å². The minimum atomic E-state index is -5.74. The van der Waals surface area contributed by atoms with Crippen molar-refractivity contribution < 1.29 is 56.3 Å². The van der Waals surface area contributed by atoms with Crippen molar-refractivity contribution in [1.82, 2.24) is 9.55 Å². The van der Waals surface area contributed by atoms with Gasteiger partial charge in [-0.05, 0) is 6.92 Å². The molecule has 1 fully saturated rings. The van der Waals surface area contributed by atoms with Crippen molar-refractivity contribution in [3.8, 4) is 0 Å². The Kier molecular flexibility index (Phi) is 7.61. The van der Waals surface area contributed by atoms with Crippen LogP contribution >= 0.6 is 23.5 Å². The van der Waals surface area contributed by atoms with E-state index in [1.807, 2.05) is 4.98 Å². The first kappa shape index (κ1) is 25.8. The number of aliphatic hydroxyl groups is 1. The summed E-state index contributed by atoms with van der Waals surface area (Å²) in [6.45, 7) is 7.53. The van der Waals surface area contributed by atoms with E-state index in [4.69, 9.17) is 26.0 Å². The van der Waals surface area contributed by atoms with Crippen LogP contribution < -0.4 is 11.2 Å². The zero-order valence-corrected chi connectivity index (χ0v) is 17.9. The first-order chi connectivity index (χ1) is 14.1. The van der Waals surface area contributed by atoms with E-state index in [0.717, 1.165) is 10.8 Å². The number of aromatic amines is 1. The largest absolute Gasteiger partial charge is 0.490 e. The molecule has 1 saturated heterocycles. The van der Waals surface area contributed by atoms with E-state index in [1.54, 1.807) is 0 Å². The van der Waals surface area contributed by atoms with Crippen LogP contribution in [0.2, 0.25) is 0 Å². The van der Waals surface area contributed by atoms with Crippen molar-refractivity contribution in [2.75, 3.05) is 6.61 Å². The molecule has 2 rings (SSSR count). The lowest BCUT2D eigenvalue weighted by atomic mass is 10.1. The zero-order valence-electron chi connectivity index (χ0n) is 15.2. The molecular formula is C11H16N3O14P3. The third kappa shape index (κ3) is 6.74. The van der Waals surface area contributed by atoms with Crippen molar-refractivity contribution >= 4 is 23.5 Å². The van der Waals surface area contributed by atoms with Gasteiger partial charge in [0.1, 0.15) is 6.10 Å². The third-order valence-electron chi connectivity index (χ3n) is 3.72. The molecule has 0 aromatic carbocycles. The fraction of sp³-hybridized carbons (Fsp3) is 0.545. The van der Waals surface area contributed by atoms with Gasteiger partial charge in [0.05, 0.1) is 6.61 Å². The van der Waals surface area contributed by atoms with Crippen molar-refractivity contribution in [2.45, 2.75) is 31.4 Å². The number of nitrogens with zero attached hydrogens (tertiary/aromatic N) is 2. The minimum absolute atomic E-state index is 0.0816. The Morgan fingerprint density at radius 2 is 1.81 bits per heavy atom. The van der Waals surface area contributed by atoms with Gasteiger partial charge in [-0.1, -0.05) is 0 Å². The topological polar surface area (TPSA) is 248 Å². The van der Waals surface area contributed by atoms with E-state index in [2.05, 4.69) is 18.0 Å². The summed E-state index contributed by atoms with van der Waals surface area (Å²) in [5.74, 6) is 0. The number of phosphoric ester groups is 1. The molecule has 0 radical (unpaired) electrons. The van der Waals surface area contributed by atoms with E-state index in [9.17, 15) is 33.3 Å². The second kappa shape index (κ2) is 9.16. The third-order valence-corrected chi connectivity index (χ3v) is 7.53. The van der Waals surface area contributed by atoms with E-state index in [0.29, 0.717) is 0 Å². The second-order valence-electron chi connectivity index (χ2n) is 6.04. The summed E-state index contributed by atoms with van der Waals surface area (Å²) in [6, 6.07) is -1.42. The van der Waals surface area contributed by atoms with Gasteiger partial charge in [-0.25, -0.2) is 25.1 Å². The number of phosphoric acid groups is 3. The van der Waals surface area contributed by atoms with E-state index in [-0.39, 0.29) is 5.56 Å². The molecule has 0 bridgehead atoms. The molecule has 1 aliphatic heterocycles. The highest BCUT2D eigenvalue weighted by Gasteiger charge is 2.51. The van der Waals surface area contributed by atoms with Gasteiger partial charge in [0.25, 0.3) is 11.6 Å². The SMILES string of the molecule is [C-]#[N+][C@@H]1C(O)[C@H](COP(=O)(O)OP(=O)(O)OP(=O)(O)O)O[C@@H]1n1cc(C)c(=O)[nH]c1=O. The highest BCUT2D eigenvalue weighted by molar-refractivity contribution is 7.66. The molecule has 0 amide bonds. The van der Waals surface area contributed by atoms with Gasteiger partial charge in [-0.2, -0.15) is 8.62 Å². The normalized spacial score (nSPS) is 27.9. The van der Waals surface area contributed by atoms with E-state index in [1.165, 1.54) is 6.92 Å². The maximum absolute atomic E-state index is 12.0. The fourth-order valence-electron chi connectivity index (χ4n) is 2.48. The van der Waals surface area contributed by atoms with Gasteiger partial charge in [0, 0.05) is 11.8 Å². The number of hydrogen-bond donors (Lipinski definition) is 6. The lowest BCUT2D eigenvalue weighted by Crippen LogP contribution is -2.37. The standard InChI is InChI=1S/C11H16N3O14P3/c1-5-3-14(11(17)13-9(5)16)10-7(12-2)8(15)6(26-10)4-25-30(21,22)28-31(23,24)27-29(18,19)20/h3,6-8,10,15H,4H2,1H3,(H,21,22)(H,23,24)(H,13,16,17)(H2,18,19,20)/t6-,7+,8?,10-/m0/s1. The van der Waals surface area contributed by atoms with Crippen LogP contribution in [0.5, 0.6) is 0 Å². The molecule has 0 spiro atoms. The molecule has 6 atom stereocenters. The van der Waals surface area contributed by atoms with Crippen LogP contribution in [0.3, 0.4) is 0 Å². The number of hydrogen-bond acceptors (Lipinski definition) is 10. The first-order valence-electron chi connectivity index (χ1n) is 7.86. The van der Waals surface area contributed by atoms with E-state index < -0.39 is 65.8 Å². The molecule has 31 heavy (non-hydrogen) atoms. The van der Waals surface area contributed by atoms with Gasteiger partial charge >= 0.3 is 29.2 Å². The maximum Gasteiger partial charge on any atom is 0.490 e. The van der Waals surface area contributed by atoms with Crippen molar-refractivity contribution in [3.05, 3.63) is 44.0 Å². The van der Waals surface area contributed by atoms with Crippen molar-refractivity contribution in [1.29, 1.82) is 0 Å². The Hall–Kier alpha value is -1.50. The van der Waals surface area contributed by atoms with Gasteiger partial charge in [0.15, 0.2) is 6.10 Å². The molecule has 3 unspecified atom stereocenters. The van der Waals surface area contributed by atoms with Gasteiger partial charge in [0.2, 0.25) is 6.23 Å². The molecule has 20 heteroatoms. The summed E-state index contributed by atoms with van der Waals surface area (Å²) >= 11 is 0. The molecule has 2 heterocycles. The Labute approximate surface area is 172 Å². The Morgan fingerprint density at radius 1 is 1.19 bits per heavy atom. The van der Waals surface area contributed by atoms with Crippen molar-refractivity contribution in [3.63, 3.8) is 0 Å². The van der Waals surface area contributed by atoms with Crippen LogP contribution in [0.1, 0.15) is 11.8 Å². The molecule has 1 aromatic heterocycles.